The summed E-state index contributed by atoms with van der Waals surface area (Å²) in [7, 11) is 0. The molecular formula is C15H16FN3O4. The number of nitro groups is 1. The average molecular weight is 321 g/mol. The summed E-state index contributed by atoms with van der Waals surface area (Å²) in [6.45, 7) is 5.47. The predicted octanol–water partition coefficient (Wildman–Crippen LogP) is 3.36. The third-order valence-electron chi connectivity index (χ3n) is 3.20. The van der Waals surface area contributed by atoms with Gasteiger partial charge in [0.25, 0.3) is 5.69 Å². The largest absolute Gasteiger partial charge is 0.462 e. The van der Waals surface area contributed by atoms with E-state index in [-0.39, 0.29) is 23.8 Å². The monoisotopic (exact) mass is 321 g/mol. The first-order chi connectivity index (χ1) is 10.8. The Morgan fingerprint density at radius 3 is 2.70 bits per heavy atom. The number of aromatic nitrogens is 2. The Bertz CT molecular complexity index is 755. The van der Waals surface area contributed by atoms with Gasteiger partial charge >= 0.3 is 5.97 Å². The molecule has 0 saturated carbocycles. The van der Waals surface area contributed by atoms with Crippen molar-refractivity contribution >= 4 is 11.7 Å². The van der Waals surface area contributed by atoms with E-state index in [1.807, 2.05) is 13.8 Å². The highest BCUT2D eigenvalue weighted by molar-refractivity contribution is 5.98. The van der Waals surface area contributed by atoms with Crippen molar-refractivity contribution in [2.75, 3.05) is 6.61 Å². The second kappa shape index (κ2) is 6.55. The van der Waals surface area contributed by atoms with Crippen LogP contribution in [0.1, 0.15) is 37.2 Å². The molecule has 0 aliphatic carbocycles. The van der Waals surface area contributed by atoms with E-state index < -0.39 is 22.4 Å². The lowest BCUT2D eigenvalue weighted by atomic mass is 10.0. The molecule has 0 fully saturated rings. The Hall–Kier alpha value is -2.77. The van der Waals surface area contributed by atoms with E-state index in [1.165, 1.54) is 6.20 Å². The second-order valence-corrected chi connectivity index (χ2v) is 5.13. The minimum Gasteiger partial charge on any atom is -0.462 e. The first-order valence-electron chi connectivity index (χ1n) is 7.04. The van der Waals surface area contributed by atoms with Gasteiger partial charge in [-0.3, -0.25) is 14.8 Å². The molecule has 7 nitrogen and oxygen atoms in total. The van der Waals surface area contributed by atoms with Gasteiger partial charge in [-0.2, -0.15) is 5.10 Å². The maximum Gasteiger partial charge on any atom is 0.339 e. The van der Waals surface area contributed by atoms with Gasteiger partial charge in [0.05, 0.1) is 29.4 Å². The number of non-ortho nitro benzene ring substituents is 1. The zero-order valence-corrected chi connectivity index (χ0v) is 12.9. The molecule has 1 aromatic carbocycles. The van der Waals surface area contributed by atoms with Gasteiger partial charge in [-0.1, -0.05) is 0 Å². The van der Waals surface area contributed by atoms with Crippen LogP contribution in [0.15, 0.2) is 24.5 Å². The molecular weight excluding hydrogens is 305 g/mol. The smallest absolute Gasteiger partial charge is 0.339 e. The summed E-state index contributed by atoms with van der Waals surface area (Å²) in [5.74, 6) is -1.69. The molecule has 0 aliphatic rings. The van der Waals surface area contributed by atoms with E-state index in [0.717, 1.165) is 12.1 Å². The Morgan fingerprint density at radius 1 is 1.48 bits per heavy atom. The van der Waals surface area contributed by atoms with Crippen molar-refractivity contribution in [1.29, 1.82) is 0 Å². The minimum absolute atomic E-state index is 0.0518. The van der Waals surface area contributed by atoms with E-state index >= 15 is 0 Å². The number of halogens is 1. The minimum atomic E-state index is -0.870. The number of ether oxygens (including phenoxy) is 1. The normalized spacial score (nSPS) is 10.8. The number of nitro benzene ring substituents is 1. The highest BCUT2D eigenvalue weighted by Gasteiger charge is 2.24. The third kappa shape index (κ3) is 3.36. The van der Waals surface area contributed by atoms with Crippen molar-refractivity contribution in [3.05, 3.63) is 46.0 Å². The van der Waals surface area contributed by atoms with Gasteiger partial charge in [0.1, 0.15) is 5.82 Å². The number of nitrogens with zero attached hydrogens (tertiary/aromatic N) is 3. The highest BCUT2D eigenvalue weighted by Crippen LogP contribution is 2.31. The van der Waals surface area contributed by atoms with Crippen LogP contribution in [0.4, 0.5) is 10.1 Å². The first kappa shape index (κ1) is 16.6. The number of esters is 1. The summed E-state index contributed by atoms with van der Waals surface area (Å²) in [4.78, 5) is 22.2. The fraction of sp³-hybridized carbons (Fsp3) is 0.333. The Balaban J connectivity index is 2.64. The van der Waals surface area contributed by atoms with Gasteiger partial charge in [-0.25, -0.2) is 9.18 Å². The van der Waals surface area contributed by atoms with Crippen LogP contribution < -0.4 is 0 Å². The quantitative estimate of drug-likeness (QED) is 0.479. The number of benzene rings is 1. The number of carbonyl (C=O) groups is 1. The topological polar surface area (TPSA) is 87.3 Å². The molecule has 0 N–H and O–H groups in total. The van der Waals surface area contributed by atoms with Crippen LogP contribution in [-0.2, 0) is 4.74 Å². The molecule has 0 aliphatic heterocycles. The standard InChI is InChI=1S/C15H16FN3O4/c1-4-23-15(20)12-5-11(19(21)22)6-13(16)14(12)10-7-17-18(8-10)9(2)3/h5-9H,4H2,1-3H3. The van der Waals surface area contributed by atoms with Crippen molar-refractivity contribution in [3.8, 4) is 11.1 Å². The molecule has 0 unspecified atom stereocenters. The number of rotatable bonds is 5. The SMILES string of the molecule is CCOC(=O)c1cc([N+](=O)[O-])cc(F)c1-c1cnn(C(C)C)c1. The molecule has 0 atom stereocenters. The van der Waals surface area contributed by atoms with Crippen molar-refractivity contribution in [1.82, 2.24) is 9.78 Å². The summed E-state index contributed by atoms with van der Waals surface area (Å²) in [6, 6.07) is 1.85. The van der Waals surface area contributed by atoms with E-state index in [0.29, 0.717) is 5.56 Å². The van der Waals surface area contributed by atoms with Gasteiger partial charge < -0.3 is 4.74 Å². The maximum atomic E-state index is 14.4. The predicted molar refractivity (Wildman–Crippen MR) is 80.6 cm³/mol. The van der Waals surface area contributed by atoms with Crippen molar-refractivity contribution in [2.24, 2.45) is 0 Å². The summed E-state index contributed by atoms with van der Waals surface area (Å²) in [5, 5.41) is 15.0. The molecule has 0 spiro atoms. The summed E-state index contributed by atoms with van der Waals surface area (Å²) in [5.41, 5.74) is -0.400. The van der Waals surface area contributed by atoms with E-state index in [9.17, 15) is 19.3 Å². The Labute approximate surface area is 131 Å². The fourth-order valence-electron chi connectivity index (χ4n) is 2.11. The van der Waals surface area contributed by atoms with Gasteiger partial charge in [0, 0.05) is 29.4 Å². The van der Waals surface area contributed by atoms with Gasteiger partial charge in [-0.15, -0.1) is 0 Å². The lowest BCUT2D eigenvalue weighted by molar-refractivity contribution is -0.385. The van der Waals surface area contributed by atoms with Crippen LogP contribution >= 0.6 is 0 Å². The van der Waals surface area contributed by atoms with Crippen LogP contribution in [0.5, 0.6) is 0 Å². The molecule has 1 heterocycles. The lowest BCUT2D eigenvalue weighted by Crippen LogP contribution is -2.09. The van der Waals surface area contributed by atoms with Gasteiger partial charge in [-0.05, 0) is 20.8 Å². The Morgan fingerprint density at radius 2 is 2.17 bits per heavy atom. The average Bonchev–Trinajstić information content (AvgIpc) is 2.96. The number of hydrogen-bond donors (Lipinski definition) is 0. The van der Waals surface area contributed by atoms with E-state index in [1.54, 1.807) is 17.8 Å². The molecule has 0 bridgehead atoms. The molecule has 0 saturated heterocycles. The third-order valence-corrected chi connectivity index (χ3v) is 3.20. The number of hydrogen-bond acceptors (Lipinski definition) is 5. The van der Waals surface area contributed by atoms with Crippen LogP contribution in [-0.4, -0.2) is 27.3 Å². The van der Waals surface area contributed by atoms with Crippen molar-refractivity contribution in [3.63, 3.8) is 0 Å². The molecule has 0 radical (unpaired) electrons. The van der Waals surface area contributed by atoms with Gasteiger partial charge in [0.2, 0.25) is 0 Å². The zero-order chi connectivity index (χ0) is 17.1. The summed E-state index contributed by atoms with van der Waals surface area (Å²) < 4.78 is 20.9. The molecule has 2 aromatic rings. The molecule has 122 valence electrons. The van der Waals surface area contributed by atoms with Gasteiger partial charge in [0.15, 0.2) is 0 Å². The lowest BCUT2D eigenvalue weighted by Gasteiger charge is -2.09. The fourth-order valence-corrected chi connectivity index (χ4v) is 2.11. The van der Waals surface area contributed by atoms with E-state index in [4.69, 9.17) is 4.74 Å². The first-order valence-corrected chi connectivity index (χ1v) is 7.04. The molecule has 23 heavy (non-hydrogen) atoms. The molecule has 8 heteroatoms. The number of carbonyl (C=O) groups excluding carboxylic acids is 1. The van der Waals surface area contributed by atoms with Crippen LogP contribution in [0, 0.1) is 15.9 Å². The van der Waals surface area contributed by atoms with Crippen LogP contribution in [0.2, 0.25) is 0 Å². The zero-order valence-electron chi connectivity index (χ0n) is 12.9. The Kier molecular flexibility index (Phi) is 4.73. The van der Waals surface area contributed by atoms with Crippen molar-refractivity contribution in [2.45, 2.75) is 26.8 Å². The highest BCUT2D eigenvalue weighted by atomic mass is 19.1. The summed E-state index contributed by atoms with van der Waals surface area (Å²) >= 11 is 0. The molecule has 0 amide bonds. The molecule has 1 aromatic heterocycles. The maximum absolute atomic E-state index is 14.4. The second-order valence-electron chi connectivity index (χ2n) is 5.13. The van der Waals surface area contributed by atoms with E-state index in [2.05, 4.69) is 5.10 Å². The van der Waals surface area contributed by atoms with Crippen molar-refractivity contribution < 1.29 is 18.8 Å². The van der Waals surface area contributed by atoms with Crippen LogP contribution in [0.25, 0.3) is 11.1 Å². The summed E-state index contributed by atoms with van der Waals surface area (Å²) in [6.07, 6.45) is 2.99. The molecule has 2 rings (SSSR count). The van der Waals surface area contributed by atoms with Crippen LogP contribution in [0.3, 0.4) is 0 Å².